The van der Waals surface area contributed by atoms with E-state index in [0.29, 0.717) is 18.1 Å². The highest BCUT2D eigenvalue weighted by atomic mass is 16.5. The maximum Gasteiger partial charge on any atom is 0.168 e. The summed E-state index contributed by atoms with van der Waals surface area (Å²) in [6.45, 7) is 0.696. The van der Waals surface area contributed by atoms with Crippen LogP contribution in [0, 0.1) is 11.3 Å². The molecule has 1 fully saturated rings. The summed E-state index contributed by atoms with van der Waals surface area (Å²) in [6.07, 6.45) is 5.17. The van der Waals surface area contributed by atoms with Gasteiger partial charge in [-0.2, -0.15) is 5.26 Å². The lowest BCUT2D eigenvalue weighted by Gasteiger charge is -2.40. The standard InChI is InChI=1S/C14H16N4O/c1-19-14(6-4-7-14)10-16-13-11(9-15)18-8-3-2-5-12(18)17-13/h2-3,5,8,16H,4,6-7,10H2,1H3. The Bertz CT molecular complexity index is 631. The molecular formula is C14H16N4O. The normalized spacial score (nSPS) is 16.8. The Morgan fingerprint density at radius 3 is 3.00 bits per heavy atom. The Morgan fingerprint density at radius 1 is 1.53 bits per heavy atom. The van der Waals surface area contributed by atoms with Crippen molar-refractivity contribution >= 4 is 11.5 Å². The summed E-state index contributed by atoms with van der Waals surface area (Å²) in [5, 5.41) is 12.5. The van der Waals surface area contributed by atoms with Crippen molar-refractivity contribution in [2.24, 2.45) is 0 Å². The van der Waals surface area contributed by atoms with Crippen LogP contribution in [-0.4, -0.2) is 28.6 Å². The second kappa shape index (κ2) is 4.56. The van der Waals surface area contributed by atoms with E-state index in [1.807, 2.05) is 24.4 Å². The van der Waals surface area contributed by atoms with Crippen LogP contribution in [0.4, 0.5) is 5.82 Å². The third-order valence-corrected chi connectivity index (χ3v) is 3.91. The van der Waals surface area contributed by atoms with E-state index in [9.17, 15) is 5.26 Å². The summed E-state index contributed by atoms with van der Waals surface area (Å²) < 4.78 is 7.36. The second-order valence-corrected chi connectivity index (χ2v) is 4.94. The number of ether oxygens (including phenoxy) is 1. The molecule has 0 unspecified atom stereocenters. The molecular weight excluding hydrogens is 240 g/mol. The molecule has 3 rings (SSSR count). The van der Waals surface area contributed by atoms with Crippen molar-refractivity contribution in [3.05, 3.63) is 30.1 Å². The predicted molar refractivity (Wildman–Crippen MR) is 72.0 cm³/mol. The van der Waals surface area contributed by atoms with Crippen LogP contribution in [0.1, 0.15) is 25.0 Å². The third-order valence-electron chi connectivity index (χ3n) is 3.91. The lowest BCUT2D eigenvalue weighted by atomic mass is 9.80. The van der Waals surface area contributed by atoms with Crippen LogP contribution in [0.25, 0.3) is 5.65 Å². The Kier molecular flexibility index (Phi) is 2.88. The van der Waals surface area contributed by atoms with Crippen molar-refractivity contribution in [2.75, 3.05) is 19.0 Å². The van der Waals surface area contributed by atoms with Gasteiger partial charge >= 0.3 is 0 Å². The summed E-state index contributed by atoms with van der Waals surface area (Å²) in [6, 6.07) is 7.90. The van der Waals surface area contributed by atoms with Gasteiger partial charge in [0.1, 0.15) is 11.7 Å². The number of pyridine rings is 1. The van der Waals surface area contributed by atoms with Crippen LogP contribution >= 0.6 is 0 Å². The van der Waals surface area contributed by atoms with Gasteiger partial charge in [0.05, 0.1) is 5.60 Å². The smallest absolute Gasteiger partial charge is 0.168 e. The minimum absolute atomic E-state index is 0.0808. The fourth-order valence-electron chi connectivity index (χ4n) is 2.49. The summed E-state index contributed by atoms with van der Waals surface area (Å²) in [7, 11) is 1.75. The number of imidazole rings is 1. The topological polar surface area (TPSA) is 62.4 Å². The quantitative estimate of drug-likeness (QED) is 0.910. The summed E-state index contributed by atoms with van der Waals surface area (Å²) in [5.41, 5.74) is 1.24. The molecule has 98 valence electrons. The van der Waals surface area contributed by atoms with Gasteiger partial charge < -0.3 is 10.1 Å². The zero-order chi connectivity index (χ0) is 13.3. The van der Waals surface area contributed by atoms with E-state index in [1.165, 1.54) is 6.42 Å². The van der Waals surface area contributed by atoms with Crippen molar-refractivity contribution in [3.63, 3.8) is 0 Å². The molecule has 1 aliphatic carbocycles. The molecule has 2 aromatic heterocycles. The number of hydrogen-bond donors (Lipinski definition) is 1. The van der Waals surface area contributed by atoms with Gasteiger partial charge in [0.15, 0.2) is 11.5 Å². The molecule has 1 aliphatic rings. The number of nitrogens with zero attached hydrogens (tertiary/aromatic N) is 3. The van der Waals surface area contributed by atoms with E-state index in [0.717, 1.165) is 18.5 Å². The average molecular weight is 256 g/mol. The summed E-state index contributed by atoms with van der Waals surface area (Å²) >= 11 is 0. The number of fused-ring (bicyclic) bond motifs is 1. The molecule has 0 radical (unpaired) electrons. The maximum absolute atomic E-state index is 9.28. The molecule has 2 heterocycles. The molecule has 1 N–H and O–H groups in total. The van der Waals surface area contributed by atoms with Gasteiger partial charge in [-0.3, -0.25) is 4.40 Å². The van der Waals surface area contributed by atoms with Crippen LogP contribution in [0.2, 0.25) is 0 Å². The van der Waals surface area contributed by atoms with Crippen molar-refractivity contribution in [3.8, 4) is 6.07 Å². The zero-order valence-corrected chi connectivity index (χ0v) is 10.9. The predicted octanol–water partition coefficient (Wildman–Crippen LogP) is 2.19. The first-order valence-corrected chi connectivity index (χ1v) is 6.44. The van der Waals surface area contributed by atoms with Gasteiger partial charge in [0.25, 0.3) is 0 Å². The molecule has 0 saturated heterocycles. The number of rotatable bonds is 4. The van der Waals surface area contributed by atoms with Gasteiger partial charge in [0, 0.05) is 19.9 Å². The maximum atomic E-state index is 9.28. The molecule has 0 aromatic carbocycles. The lowest BCUT2D eigenvalue weighted by molar-refractivity contribution is -0.0601. The van der Waals surface area contributed by atoms with Gasteiger partial charge in [-0.25, -0.2) is 4.98 Å². The first-order valence-electron chi connectivity index (χ1n) is 6.44. The Balaban J connectivity index is 1.87. The number of anilines is 1. The zero-order valence-electron chi connectivity index (χ0n) is 10.9. The van der Waals surface area contributed by atoms with E-state index in [-0.39, 0.29) is 5.60 Å². The lowest BCUT2D eigenvalue weighted by Crippen LogP contribution is -2.45. The van der Waals surface area contributed by atoms with E-state index >= 15 is 0 Å². The summed E-state index contributed by atoms with van der Waals surface area (Å²) in [5.74, 6) is 0.636. The molecule has 2 aromatic rings. The average Bonchev–Trinajstić information content (AvgIpc) is 2.75. The number of aromatic nitrogens is 2. The van der Waals surface area contributed by atoms with Crippen molar-refractivity contribution < 1.29 is 4.74 Å². The molecule has 0 spiro atoms. The fourth-order valence-corrected chi connectivity index (χ4v) is 2.49. The largest absolute Gasteiger partial charge is 0.376 e. The molecule has 5 nitrogen and oxygen atoms in total. The molecule has 1 saturated carbocycles. The van der Waals surface area contributed by atoms with Crippen LogP contribution in [0.15, 0.2) is 24.4 Å². The van der Waals surface area contributed by atoms with Crippen LogP contribution < -0.4 is 5.32 Å². The highest BCUT2D eigenvalue weighted by molar-refractivity contribution is 5.59. The Labute approximate surface area is 111 Å². The minimum atomic E-state index is -0.0808. The highest BCUT2D eigenvalue weighted by Gasteiger charge is 2.37. The Hall–Kier alpha value is -2.06. The molecule has 0 atom stereocenters. The minimum Gasteiger partial charge on any atom is -0.376 e. The van der Waals surface area contributed by atoms with Crippen molar-refractivity contribution in [1.82, 2.24) is 9.38 Å². The van der Waals surface area contributed by atoms with Gasteiger partial charge in [-0.05, 0) is 31.4 Å². The van der Waals surface area contributed by atoms with Gasteiger partial charge in [0.2, 0.25) is 0 Å². The Morgan fingerprint density at radius 2 is 2.37 bits per heavy atom. The van der Waals surface area contributed by atoms with E-state index in [2.05, 4.69) is 16.4 Å². The molecule has 0 amide bonds. The first-order chi connectivity index (χ1) is 9.28. The SMILES string of the molecule is COC1(CNc2nc3ccccn3c2C#N)CCC1. The van der Waals surface area contributed by atoms with Crippen molar-refractivity contribution in [2.45, 2.75) is 24.9 Å². The molecule has 19 heavy (non-hydrogen) atoms. The van der Waals surface area contributed by atoms with E-state index in [1.54, 1.807) is 11.5 Å². The number of nitriles is 1. The van der Waals surface area contributed by atoms with Crippen LogP contribution in [0.3, 0.4) is 0 Å². The first kappa shape index (κ1) is 12.0. The molecule has 5 heteroatoms. The van der Waals surface area contributed by atoms with E-state index < -0.39 is 0 Å². The number of methoxy groups -OCH3 is 1. The number of hydrogen-bond acceptors (Lipinski definition) is 4. The fraction of sp³-hybridized carbons (Fsp3) is 0.429. The molecule has 0 aliphatic heterocycles. The van der Waals surface area contributed by atoms with Gasteiger partial charge in [-0.15, -0.1) is 0 Å². The second-order valence-electron chi connectivity index (χ2n) is 4.94. The third kappa shape index (κ3) is 1.94. The monoisotopic (exact) mass is 256 g/mol. The summed E-state index contributed by atoms with van der Waals surface area (Å²) in [4.78, 5) is 4.45. The van der Waals surface area contributed by atoms with Crippen LogP contribution in [0.5, 0.6) is 0 Å². The van der Waals surface area contributed by atoms with E-state index in [4.69, 9.17) is 4.74 Å². The molecule has 0 bridgehead atoms. The van der Waals surface area contributed by atoms with Crippen molar-refractivity contribution in [1.29, 1.82) is 5.26 Å². The highest BCUT2D eigenvalue weighted by Crippen LogP contribution is 2.35. The number of nitrogens with one attached hydrogen (secondary N) is 1. The van der Waals surface area contributed by atoms with Crippen LogP contribution in [-0.2, 0) is 4.74 Å². The van der Waals surface area contributed by atoms with Gasteiger partial charge in [-0.1, -0.05) is 6.07 Å².